The Kier molecular flexibility index (Phi) is 10.1. The Balaban J connectivity index is 1.69. The minimum atomic E-state index is -0.536. The summed E-state index contributed by atoms with van der Waals surface area (Å²) in [6.07, 6.45) is 7.78. The number of rotatable bonds is 9. The minimum absolute atomic E-state index is 0.0949. The Bertz CT molecular complexity index is 843. The second-order valence-corrected chi connectivity index (χ2v) is 10.5. The van der Waals surface area contributed by atoms with E-state index in [1.54, 1.807) is 18.2 Å². The quantitative estimate of drug-likeness (QED) is 0.500. The molecule has 0 saturated heterocycles. The molecule has 0 radical (unpaired) electrons. The lowest BCUT2D eigenvalue weighted by Crippen LogP contribution is -2.42. The van der Waals surface area contributed by atoms with Gasteiger partial charge in [0.2, 0.25) is 0 Å². The maximum absolute atomic E-state index is 13.1. The van der Waals surface area contributed by atoms with Crippen molar-refractivity contribution >= 4 is 17.8 Å². The molecule has 0 heterocycles. The van der Waals surface area contributed by atoms with Crippen molar-refractivity contribution in [1.82, 2.24) is 20.4 Å². The predicted octanol–water partition coefficient (Wildman–Crippen LogP) is 2.44. The van der Waals surface area contributed by atoms with E-state index < -0.39 is 5.97 Å². The van der Waals surface area contributed by atoms with Gasteiger partial charge in [0.1, 0.15) is 5.75 Å². The first-order chi connectivity index (χ1) is 17.2. The van der Waals surface area contributed by atoms with Crippen molar-refractivity contribution in [3.05, 3.63) is 29.3 Å². The zero-order valence-corrected chi connectivity index (χ0v) is 22.3. The Hall–Kier alpha value is -2.65. The van der Waals surface area contributed by atoms with Crippen LogP contribution in [0, 0.1) is 0 Å². The summed E-state index contributed by atoms with van der Waals surface area (Å²) >= 11 is 0. The SMILES string of the molecule is COC(=O)COc1cc(C(=O)NC2CCC(N(C)C)CC2)cc(C(=O)NC2CCC(N(C)C)CC2)c1. The summed E-state index contributed by atoms with van der Waals surface area (Å²) < 4.78 is 10.2. The van der Waals surface area contributed by atoms with Crippen LogP contribution in [-0.2, 0) is 9.53 Å². The van der Waals surface area contributed by atoms with Crippen molar-refractivity contribution in [2.24, 2.45) is 0 Å². The zero-order valence-electron chi connectivity index (χ0n) is 22.3. The molecule has 9 nitrogen and oxygen atoms in total. The summed E-state index contributed by atoms with van der Waals surface area (Å²) in [5.74, 6) is -0.739. The molecule has 200 valence electrons. The highest BCUT2D eigenvalue weighted by molar-refractivity contribution is 6.00. The first-order valence-electron chi connectivity index (χ1n) is 13.0. The standard InChI is InChI=1S/C27H42N4O5/c1-30(2)22-10-6-20(7-11-22)28-26(33)18-14-19(16-24(15-18)36-17-25(32)35-5)27(34)29-21-8-12-23(13-9-21)31(3)4/h14-16,20-23H,6-13,17H2,1-5H3,(H,28,33)(H,29,34). The van der Waals surface area contributed by atoms with E-state index in [0.717, 1.165) is 51.4 Å². The van der Waals surface area contributed by atoms with Crippen molar-refractivity contribution in [2.45, 2.75) is 75.5 Å². The molecular formula is C27H42N4O5. The topological polar surface area (TPSA) is 100 Å². The zero-order chi connectivity index (χ0) is 26.2. The van der Waals surface area contributed by atoms with Gasteiger partial charge in [-0.3, -0.25) is 9.59 Å². The molecule has 0 aromatic heterocycles. The molecule has 2 amide bonds. The monoisotopic (exact) mass is 502 g/mol. The molecule has 0 aliphatic heterocycles. The van der Waals surface area contributed by atoms with Gasteiger partial charge in [-0.05, 0) is 97.8 Å². The summed E-state index contributed by atoms with van der Waals surface area (Å²) in [5.41, 5.74) is 0.683. The van der Waals surface area contributed by atoms with Crippen molar-refractivity contribution in [3.63, 3.8) is 0 Å². The molecule has 2 fully saturated rings. The van der Waals surface area contributed by atoms with Crippen LogP contribution >= 0.6 is 0 Å². The van der Waals surface area contributed by atoms with Crippen LogP contribution in [0.2, 0.25) is 0 Å². The van der Waals surface area contributed by atoms with E-state index in [1.165, 1.54) is 7.11 Å². The van der Waals surface area contributed by atoms with Crippen molar-refractivity contribution in [3.8, 4) is 5.75 Å². The van der Waals surface area contributed by atoms with Gasteiger partial charge >= 0.3 is 5.97 Å². The van der Waals surface area contributed by atoms with Crippen LogP contribution in [0.4, 0.5) is 0 Å². The van der Waals surface area contributed by atoms with Gasteiger partial charge in [0, 0.05) is 35.3 Å². The fourth-order valence-electron chi connectivity index (χ4n) is 5.16. The molecule has 0 bridgehead atoms. The van der Waals surface area contributed by atoms with Crippen LogP contribution in [0.25, 0.3) is 0 Å². The summed E-state index contributed by atoms with van der Waals surface area (Å²) in [6.45, 7) is -0.300. The van der Waals surface area contributed by atoms with E-state index >= 15 is 0 Å². The molecule has 9 heteroatoms. The average Bonchev–Trinajstić information content (AvgIpc) is 2.87. The Morgan fingerprint density at radius 3 is 1.53 bits per heavy atom. The number of nitrogens with zero attached hydrogens (tertiary/aromatic N) is 2. The Morgan fingerprint density at radius 1 is 0.750 bits per heavy atom. The van der Waals surface area contributed by atoms with E-state index in [4.69, 9.17) is 4.74 Å². The van der Waals surface area contributed by atoms with Gasteiger partial charge in [0.25, 0.3) is 11.8 Å². The molecule has 2 saturated carbocycles. The lowest BCUT2D eigenvalue weighted by molar-refractivity contribution is -0.142. The van der Waals surface area contributed by atoms with Crippen molar-refractivity contribution in [1.29, 1.82) is 0 Å². The average molecular weight is 503 g/mol. The summed E-state index contributed by atoms with van der Waals surface area (Å²) in [7, 11) is 9.63. The summed E-state index contributed by atoms with van der Waals surface area (Å²) in [5, 5.41) is 6.24. The highest BCUT2D eigenvalue weighted by atomic mass is 16.6. The van der Waals surface area contributed by atoms with E-state index in [1.807, 2.05) is 0 Å². The van der Waals surface area contributed by atoms with E-state index in [-0.39, 0.29) is 36.3 Å². The Labute approximate surface area is 214 Å². The number of amides is 2. The van der Waals surface area contributed by atoms with Crippen LogP contribution in [0.5, 0.6) is 5.75 Å². The van der Waals surface area contributed by atoms with Crippen LogP contribution in [-0.4, -0.2) is 93.7 Å². The largest absolute Gasteiger partial charge is 0.482 e. The second-order valence-electron chi connectivity index (χ2n) is 10.5. The number of hydrogen-bond donors (Lipinski definition) is 2. The van der Waals surface area contributed by atoms with Gasteiger partial charge in [-0.15, -0.1) is 0 Å². The third kappa shape index (κ3) is 7.93. The van der Waals surface area contributed by atoms with E-state index in [0.29, 0.717) is 23.2 Å². The molecule has 3 rings (SSSR count). The third-order valence-electron chi connectivity index (χ3n) is 7.54. The van der Waals surface area contributed by atoms with E-state index in [2.05, 4.69) is 53.4 Å². The molecular weight excluding hydrogens is 460 g/mol. The number of carbonyl (C=O) groups excluding carboxylic acids is 3. The van der Waals surface area contributed by atoms with Crippen molar-refractivity contribution < 1.29 is 23.9 Å². The highest BCUT2D eigenvalue weighted by Gasteiger charge is 2.26. The number of methoxy groups -OCH3 is 1. The number of ether oxygens (including phenoxy) is 2. The molecule has 0 spiro atoms. The fourth-order valence-corrected chi connectivity index (χ4v) is 5.16. The summed E-state index contributed by atoms with van der Waals surface area (Å²) in [6, 6.07) is 6.01. The predicted molar refractivity (Wildman–Crippen MR) is 138 cm³/mol. The fraction of sp³-hybridized carbons (Fsp3) is 0.667. The van der Waals surface area contributed by atoms with Gasteiger partial charge in [-0.1, -0.05) is 0 Å². The molecule has 2 N–H and O–H groups in total. The first kappa shape index (κ1) is 27.9. The number of esters is 1. The minimum Gasteiger partial charge on any atom is -0.482 e. The molecule has 1 aromatic carbocycles. The van der Waals surface area contributed by atoms with Crippen LogP contribution in [0.1, 0.15) is 72.1 Å². The number of nitrogens with one attached hydrogen (secondary N) is 2. The Morgan fingerprint density at radius 2 is 1.17 bits per heavy atom. The molecule has 36 heavy (non-hydrogen) atoms. The molecule has 2 aliphatic rings. The molecule has 1 aromatic rings. The third-order valence-corrected chi connectivity index (χ3v) is 7.54. The van der Waals surface area contributed by atoms with Crippen LogP contribution in [0.15, 0.2) is 18.2 Å². The molecule has 2 aliphatic carbocycles. The van der Waals surface area contributed by atoms with Crippen LogP contribution in [0.3, 0.4) is 0 Å². The number of benzene rings is 1. The smallest absolute Gasteiger partial charge is 0.343 e. The van der Waals surface area contributed by atoms with Crippen LogP contribution < -0.4 is 15.4 Å². The molecule has 0 unspecified atom stereocenters. The van der Waals surface area contributed by atoms with Crippen molar-refractivity contribution in [2.75, 3.05) is 41.9 Å². The molecule has 0 atom stereocenters. The maximum Gasteiger partial charge on any atom is 0.343 e. The first-order valence-corrected chi connectivity index (χ1v) is 13.0. The number of carbonyl (C=O) groups is 3. The van der Waals surface area contributed by atoms with Gasteiger partial charge in [0.15, 0.2) is 6.61 Å². The van der Waals surface area contributed by atoms with Gasteiger partial charge in [-0.2, -0.15) is 0 Å². The van der Waals surface area contributed by atoms with E-state index in [9.17, 15) is 14.4 Å². The lowest BCUT2D eigenvalue weighted by Gasteiger charge is -2.33. The highest BCUT2D eigenvalue weighted by Crippen LogP contribution is 2.25. The number of hydrogen-bond acceptors (Lipinski definition) is 7. The van der Waals surface area contributed by atoms with Gasteiger partial charge in [-0.25, -0.2) is 4.79 Å². The summed E-state index contributed by atoms with van der Waals surface area (Å²) in [4.78, 5) is 42.3. The maximum atomic E-state index is 13.1. The lowest BCUT2D eigenvalue weighted by atomic mass is 9.90. The van der Waals surface area contributed by atoms with Gasteiger partial charge < -0.3 is 29.9 Å². The second kappa shape index (κ2) is 13.1. The van der Waals surface area contributed by atoms with Gasteiger partial charge in [0.05, 0.1) is 7.11 Å². The normalized spacial score (nSPS) is 24.3.